The first-order valence-electron chi connectivity index (χ1n) is 7.24. The fraction of sp³-hybridized carbons (Fsp3) is 0.625. The summed E-state index contributed by atoms with van der Waals surface area (Å²) < 4.78 is 5.60. The van der Waals surface area contributed by atoms with Crippen LogP contribution in [0.5, 0.6) is 5.75 Å². The van der Waals surface area contributed by atoms with Crippen molar-refractivity contribution in [3.8, 4) is 5.75 Å². The van der Waals surface area contributed by atoms with Crippen molar-refractivity contribution in [3.63, 3.8) is 0 Å². The topological polar surface area (TPSA) is 41.5 Å². The van der Waals surface area contributed by atoms with Crippen molar-refractivity contribution in [2.75, 3.05) is 13.2 Å². The van der Waals surface area contributed by atoms with Gasteiger partial charge in [-0.2, -0.15) is 0 Å². The summed E-state index contributed by atoms with van der Waals surface area (Å²) in [5, 5.41) is 13.8. The molecule has 2 N–H and O–H groups in total. The zero-order chi connectivity index (χ0) is 14.3. The van der Waals surface area contributed by atoms with E-state index in [-0.39, 0.29) is 6.04 Å². The molecule has 0 saturated heterocycles. The van der Waals surface area contributed by atoms with Crippen LogP contribution < -0.4 is 10.1 Å². The molecule has 19 heavy (non-hydrogen) atoms. The molecule has 0 aliphatic heterocycles. The molecular formula is C16H27NO2. The van der Waals surface area contributed by atoms with Crippen molar-refractivity contribution in [2.24, 2.45) is 0 Å². The Morgan fingerprint density at radius 2 is 2.05 bits per heavy atom. The van der Waals surface area contributed by atoms with E-state index in [1.165, 1.54) is 0 Å². The summed E-state index contributed by atoms with van der Waals surface area (Å²) in [7, 11) is 0. The number of nitrogens with one attached hydrogen (secondary N) is 1. The van der Waals surface area contributed by atoms with Crippen LogP contribution in [0.2, 0.25) is 0 Å². The van der Waals surface area contributed by atoms with Crippen molar-refractivity contribution in [1.82, 2.24) is 5.32 Å². The second kappa shape index (κ2) is 8.18. The lowest BCUT2D eigenvalue weighted by atomic mass is 10.00. The SMILES string of the molecule is CCCCNC(C)C(O)c1cc(C)ccc1OCC. The number of hydrogen-bond acceptors (Lipinski definition) is 3. The molecular weight excluding hydrogens is 238 g/mol. The van der Waals surface area contributed by atoms with Gasteiger partial charge in [0.15, 0.2) is 0 Å². The molecule has 0 spiro atoms. The highest BCUT2D eigenvalue weighted by Gasteiger charge is 2.19. The zero-order valence-electron chi connectivity index (χ0n) is 12.6. The van der Waals surface area contributed by atoms with Crippen LogP contribution >= 0.6 is 0 Å². The van der Waals surface area contributed by atoms with Crippen LogP contribution in [0.15, 0.2) is 18.2 Å². The van der Waals surface area contributed by atoms with Crippen LogP contribution in [0.25, 0.3) is 0 Å². The fourth-order valence-corrected chi connectivity index (χ4v) is 2.07. The van der Waals surface area contributed by atoms with Crippen molar-refractivity contribution in [3.05, 3.63) is 29.3 Å². The van der Waals surface area contributed by atoms with Gasteiger partial charge >= 0.3 is 0 Å². The third-order valence-electron chi connectivity index (χ3n) is 3.25. The van der Waals surface area contributed by atoms with Crippen LogP contribution in [0.1, 0.15) is 50.8 Å². The molecule has 2 atom stereocenters. The average molecular weight is 265 g/mol. The second-order valence-corrected chi connectivity index (χ2v) is 5.02. The Bertz CT molecular complexity index is 379. The van der Waals surface area contributed by atoms with E-state index < -0.39 is 6.10 Å². The molecule has 3 heteroatoms. The fourth-order valence-electron chi connectivity index (χ4n) is 2.07. The molecule has 1 rings (SSSR count). The van der Waals surface area contributed by atoms with Gasteiger partial charge in [0.05, 0.1) is 12.7 Å². The molecule has 108 valence electrons. The van der Waals surface area contributed by atoms with E-state index in [4.69, 9.17) is 4.74 Å². The van der Waals surface area contributed by atoms with Gasteiger partial charge in [0.2, 0.25) is 0 Å². The molecule has 0 aliphatic rings. The Kier molecular flexibility index (Phi) is 6.89. The van der Waals surface area contributed by atoms with E-state index in [1.807, 2.05) is 39.0 Å². The number of aryl methyl sites for hydroxylation is 1. The van der Waals surface area contributed by atoms with Crippen molar-refractivity contribution >= 4 is 0 Å². The molecule has 3 nitrogen and oxygen atoms in total. The number of hydrogen-bond donors (Lipinski definition) is 2. The summed E-state index contributed by atoms with van der Waals surface area (Å²) in [4.78, 5) is 0. The molecule has 0 amide bonds. The largest absolute Gasteiger partial charge is 0.493 e. The van der Waals surface area contributed by atoms with Crippen LogP contribution in [0.3, 0.4) is 0 Å². The average Bonchev–Trinajstić information content (AvgIpc) is 2.40. The first-order chi connectivity index (χ1) is 9.10. The Balaban J connectivity index is 2.78. The Morgan fingerprint density at radius 3 is 2.68 bits per heavy atom. The summed E-state index contributed by atoms with van der Waals surface area (Å²) in [6.45, 7) is 9.71. The number of unbranched alkanes of at least 4 members (excludes halogenated alkanes) is 1. The highest BCUT2D eigenvalue weighted by molar-refractivity contribution is 5.39. The second-order valence-electron chi connectivity index (χ2n) is 5.02. The number of aliphatic hydroxyl groups excluding tert-OH is 1. The quantitative estimate of drug-likeness (QED) is 0.709. The molecule has 0 fully saturated rings. The Labute approximate surface area is 117 Å². The van der Waals surface area contributed by atoms with Gasteiger partial charge in [-0.25, -0.2) is 0 Å². The molecule has 1 aromatic carbocycles. The maximum Gasteiger partial charge on any atom is 0.125 e. The lowest BCUT2D eigenvalue weighted by molar-refractivity contribution is 0.131. The van der Waals surface area contributed by atoms with Crippen molar-refractivity contribution in [1.29, 1.82) is 0 Å². The lowest BCUT2D eigenvalue weighted by Gasteiger charge is -2.23. The molecule has 0 aliphatic carbocycles. The predicted octanol–water partition coefficient (Wildman–Crippen LogP) is 3.21. The number of aliphatic hydroxyl groups is 1. The van der Waals surface area contributed by atoms with Crippen molar-refractivity contribution < 1.29 is 9.84 Å². The van der Waals surface area contributed by atoms with Crippen molar-refractivity contribution in [2.45, 2.75) is 52.7 Å². The van der Waals surface area contributed by atoms with E-state index >= 15 is 0 Å². The van der Waals surface area contributed by atoms with Gasteiger partial charge in [-0.15, -0.1) is 0 Å². The third kappa shape index (κ3) is 4.84. The van der Waals surface area contributed by atoms with Gasteiger partial charge in [-0.1, -0.05) is 25.0 Å². The maximum atomic E-state index is 10.5. The van der Waals surface area contributed by atoms with Gasteiger partial charge in [-0.3, -0.25) is 0 Å². The molecule has 0 bridgehead atoms. The van der Waals surface area contributed by atoms with Crippen LogP contribution in [0, 0.1) is 6.92 Å². The molecule has 0 heterocycles. The van der Waals surface area contributed by atoms with E-state index in [0.29, 0.717) is 6.61 Å². The maximum absolute atomic E-state index is 10.5. The Hall–Kier alpha value is -1.06. The number of benzene rings is 1. The summed E-state index contributed by atoms with van der Waals surface area (Å²) in [5.41, 5.74) is 2.01. The summed E-state index contributed by atoms with van der Waals surface area (Å²) in [6, 6.07) is 5.98. The van der Waals surface area contributed by atoms with Gasteiger partial charge < -0.3 is 15.2 Å². The van der Waals surface area contributed by atoms with E-state index in [9.17, 15) is 5.11 Å². The molecule has 0 aromatic heterocycles. The normalized spacial score (nSPS) is 14.2. The monoisotopic (exact) mass is 265 g/mol. The Morgan fingerprint density at radius 1 is 1.32 bits per heavy atom. The first-order valence-corrected chi connectivity index (χ1v) is 7.24. The molecule has 0 radical (unpaired) electrons. The summed E-state index contributed by atoms with van der Waals surface area (Å²) >= 11 is 0. The molecule has 1 aromatic rings. The standard InChI is InChI=1S/C16H27NO2/c1-5-7-10-17-13(4)16(18)14-11-12(3)8-9-15(14)19-6-2/h8-9,11,13,16-18H,5-7,10H2,1-4H3. The number of ether oxygens (including phenoxy) is 1. The lowest BCUT2D eigenvalue weighted by Crippen LogP contribution is -2.33. The minimum Gasteiger partial charge on any atom is -0.493 e. The highest BCUT2D eigenvalue weighted by atomic mass is 16.5. The minimum atomic E-state index is -0.543. The van der Waals surface area contributed by atoms with Gasteiger partial charge in [0.25, 0.3) is 0 Å². The van der Waals surface area contributed by atoms with Crippen LogP contribution in [0.4, 0.5) is 0 Å². The predicted molar refractivity (Wildman–Crippen MR) is 79.7 cm³/mol. The smallest absolute Gasteiger partial charge is 0.125 e. The van der Waals surface area contributed by atoms with Crippen LogP contribution in [-0.4, -0.2) is 24.3 Å². The molecule has 0 saturated carbocycles. The summed E-state index contributed by atoms with van der Waals surface area (Å²) in [6.07, 6.45) is 1.74. The van der Waals surface area contributed by atoms with Gasteiger partial charge in [0.1, 0.15) is 5.75 Å². The summed E-state index contributed by atoms with van der Waals surface area (Å²) in [5.74, 6) is 0.782. The van der Waals surface area contributed by atoms with Gasteiger partial charge in [-0.05, 0) is 45.9 Å². The minimum absolute atomic E-state index is 0.0209. The van der Waals surface area contributed by atoms with E-state index in [0.717, 1.165) is 36.3 Å². The highest BCUT2D eigenvalue weighted by Crippen LogP contribution is 2.28. The zero-order valence-corrected chi connectivity index (χ0v) is 12.6. The molecule has 2 unspecified atom stereocenters. The third-order valence-corrected chi connectivity index (χ3v) is 3.25. The van der Waals surface area contributed by atoms with E-state index in [2.05, 4.69) is 12.2 Å². The van der Waals surface area contributed by atoms with Gasteiger partial charge in [0, 0.05) is 11.6 Å². The first kappa shape index (κ1) is 16.0. The van der Waals surface area contributed by atoms with E-state index in [1.54, 1.807) is 0 Å². The number of rotatable bonds is 8. The van der Waals surface area contributed by atoms with Crippen LogP contribution in [-0.2, 0) is 0 Å².